The van der Waals surface area contributed by atoms with Crippen LogP contribution in [0.5, 0.6) is 0 Å². The molecule has 0 bridgehead atoms. The summed E-state index contributed by atoms with van der Waals surface area (Å²) in [4.78, 5) is 12.3. The number of benzene rings is 2. The van der Waals surface area contributed by atoms with Crippen molar-refractivity contribution in [3.8, 4) is 0 Å². The number of thiol groups is 1. The summed E-state index contributed by atoms with van der Waals surface area (Å²) < 4.78 is -0.165. The summed E-state index contributed by atoms with van der Waals surface area (Å²) in [5.74, 6) is 0.00517. The molecule has 2 aromatic rings. The fourth-order valence-electron chi connectivity index (χ4n) is 1.95. The maximum Gasteiger partial charge on any atom is 0.193 e. The third-order valence-electron chi connectivity index (χ3n) is 3.56. The fourth-order valence-corrected chi connectivity index (χ4v) is 2.23. The topological polar surface area (TPSA) is 17.1 Å². The van der Waals surface area contributed by atoms with Gasteiger partial charge in [-0.2, -0.15) is 12.6 Å². The maximum absolute atomic E-state index is 12.3. The van der Waals surface area contributed by atoms with Crippen molar-refractivity contribution in [3.63, 3.8) is 0 Å². The standard InChI is InChI=1S/C17H17ClOS/c1-3-17(2,20)14-8-4-12(5-9-14)16(19)13-6-10-15(18)11-7-13/h4-11,20H,3H2,1-2H3. The summed E-state index contributed by atoms with van der Waals surface area (Å²) >= 11 is 10.5. The van der Waals surface area contributed by atoms with Crippen LogP contribution in [0.4, 0.5) is 0 Å². The van der Waals surface area contributed by atoms with Gasteiger partial charge in [0.25, 0.3) is 0 Å². The molecule has 0 amide bonds. The van der Waals surface area contributed by atoms with E-state index < -0.39 is 0 Å². The Labute approximate surface area is 130 Å². The summed E-state index contributed by atoms with van der Waals surface area (Å²) in [5.41, 5.74) is 2.44. The molecule has 2 rings (SSSR count). The average Bonchev–Trinajstić information content (AvgIpc) is 2.47. The Kier molecular flexibility index (Phi) is 4.56. The fraction of sp³-hybridized carbons (Fsp3) is 0.235. The van der Waals surface area contributed by atoms with E-state index in [0.717, 1.165) is 12.0 Å². The molecule has 0 saturated heterocycles. The molecule has 0 aromatic heterocycles. The first-order valence-electron chi connectivity index (χ1n) is 6.57. The number of ketones is 1. The van der Waals surface area contributed by atoms with Gasteiger partial charge in [0.1, 0.15) is 0 Å². The van der Waals surface area contributed by atoms with E-state index in [1.807, 2.05) is 24.3 Å². The lowest BCUT2D eigenvalue weighted by Gasteiger charge is -2.22. The quantitative estimate of drug-likeness (QED) is 0.612. The predicted molar refractivity (Wildman–Crippen MR) is 88.0 cm³/mol. The number of hydrogen-bond donors (Lipinski definition) is 1. The molecule has 2 aromatic carbocycles. The van der Waals surface area contributed by atoms with Gasteiger partial charge in [-0.05, 0) is 43.2 Å². The minimum Gasteiger partial charge on any atom is -0.289 e. The van der Waals surface area contributed by atoms with Crippen LogP contribution in [0.1, 0.15) is 41.8 Å². The van der Waals surface area contributed by atoms with Gasteiger partial charge in [0.15, 0.2) is 5.78 Å². The summed E-state index contributed by atoms with van der Waals surface area (Å²) in [6.07, 6.45) is 0.931. The lowest BCUT2D eigenvalue weighted by molar-refractivity contribution is 0.103. The molecule has 0 aliphatic rings. The van der Waals surface area contributed by atoms with Crippen LogP contribution in [0.15, 0.2) is 48.5 Å². The smallest absolute Gasteiger partial charge is 0.193 e. The van der Waals surface area contributed by atoms with Crippen LogP contribution in [-0.2, 0) is 4.75 Å². The largest absolute Gasteiger partial charge is 0.289 e. The highest BCUT2D eigenvalue weighted by molar-refractivity contribution is 7.81. The summed E-state index contributed by atoms with van der Waals surface area (Å²) in [6, 6.07) is 14.6. The first-order valence-corrected chi connectivity index (χ1v) is 7.40. The molecule has 0 heterocycles. The van der Waals surface area contributed by atoms with Gasteiger partial charge >= 0.3 is 0 Å². The Hall–Kier alpha value is -1.25. The van der Waals surface area contributed by atoms with Crippen molar-refractivity contribution in [2.24, 2.45) is 0 Å². The van der Waals surface area contributed by atoms with Crippen molar-refractivity contribution in [2.45, 2.75) is 25.0 Å². The Balaban J connectivity index is 2.26. The van der Waals surface area contributed by atoms with Gasteiger partial charge in [0.05, 0.1) is 0 Å². The van der Waals surface area contributed by atoms with Gasteiger partial charge in [-0.15, -0.1) is 0 Å². The van der Waals surface area contributed by atoms with Crippen LogP contribution in [0, 0.1) is 0 Å². The van der Waals surface area contributed by atoms with E-state index in [4.69, 9.17) is 11.6 Å². The molecule has 1 atom stereocenters. The molecular weight excluding hydrogens is 288 g/mol. The SMILES string of the molecule is CCC(C)(S)c1ccc(C(=O)c2ccc(Cl)cc2)cc1. The Morgan fingerprint density at radius 1 is 1.05 bits per heavy atom. The van der Waals surface area contributed by atoms with Crippen LogP contribution >= 0.6 is 24.2 Å². The molecule has 104 valence electrons. The predicted octanol–water partition coefficient (Wildman–Crippen LogP) is 5.13. The Morgan fingerprint density at radius 3 is 1.95 bits per heavy atom. The van der Waals surface area contributed by atoms with Crippen molar-refractivity contribution in [1.29, 1.82) is 0 Å². The second kappa shape index (κ2) is 6.02. The second-order valence-corrected chi connectivity index (χ2v) is 6.46. The van der Waals surface area contributed by atoms with Gasteiger partial charge < -0.3 is 0 Å². The highest BCUT2D eigenvalue weighted by atomic mass is 35.5. The molecule has 3 heteroatoms. The lowest BCUT2D eigenvalue weighted by atomic mass is 9.94. The molecule has 1 unspecified atom stereocenters. The lowest BCUT2D eigenvalue weighted by Crippen LogP contribution is -2.12. The minimum atomic E-state index is -0.165. The van der Waals surface area contributed by atoms with Crippen molar-refractivity contribution >= 4 is 30.0 Å². The second-order valence-electron chi connectivity index (χ2n) is 5.04. The first kappa shape index (κ1) is 15.1. The molecule has 1 nitrogen and oxygen atoms in total. The molecular formula is C17H17ClOS. The molecule has 20 heavy (non-hydrogen) atoms. The van der Waals surface area contributed by atoms with Crippen molar-refractivity contribution < 1.29 is 4.79 Å². The number of halogens is 1. The van der Waals surface area contributed by atoms with Crippen LogP contribution in [0.25, 0.3) is 0 Å². The van der Waals surface area contributed by atoms with E-state index in [2.05, 4.69) is 26.5 Å². The molecule has 0 saturated carbocycles. The molecule has 0 spiro atoms. The number of hydrogen-bond acceptors (Lipinski definition) is 2. The molecule has 0 radical (unpaired) electrons. The summed E-state index contributed by atoms with van der Waals surface area (Å²) in [5, 5.41) is 0.630. The third-order valence-corrected chi connectivity index (χ3v) is 4.39. The van der Waals surface area contributed by atoms with E-state index in [1.54, 1.807) is 24.3 Å². The Morgan fingerprint density at radius 2 is 1.50 bits per heavy atom. The average molecular weight is 305 g/mol. The van der Waals surface area contributed by atoms with Gasteiger partial charge in [-0.25, -0.2) is 0 Å². The van der Waals surface area contributed by atoms with Crippen LogP contribution < -0.4 is 0 Å². The highest BCUT2D eigenvalue weighted by Gasteiger charge is 2.19. The summed E-state index contributed by atoms with van der Waals surface area (Å²) in [6.45, 7) is 4.17. The monoisotopic (exact) mass is 304 g/mol. The minimum absolute atomic E-state index is 0.00517. The highest BCUT2D eigenvalue weighted by Crippen LogP contribution is 2.31. The van der Waals surface area contributed by atoms with Crippen molar-refractivity contribution in [2.75, 3.05) is 0 Å². The zero-order valence-corrected chi connectivity index (χ0v) is 13.2. The molecule has 0 aliphatic carbocycles. The first-order chi connectivity index (χ1) is 9.44. The van der Waals surface area contributed by atoms with Crippen LogP contribution in [0.2, 0.25) is 5.02 Å². The number of carbonyl (C=O) groups is 1. The van der Waals surface area contributed by atoms with Crippen molar-refractivity contribution in [1.82, 2.24) is 0 Å². The number of rotatable bonds is 4. The van der Waals surface area contributed by atoms with Gasteiger partial charge in [-0.3, -0.25) is 4.79 Å². The van der Waals surface area contributed by atoms with E-state index in [1.165, 1.54) is 0 Å². The molecule has 0 aliphatic heterocycles. The normalized spacial score (nSPS) is 13.8. The molecule has 0 N–H and O–H groups in total. The van der Waals surface area contributed by atoms with Gasteiger partial charge in [-0.1, -0.05) is 42.8 Å². The van der Waals surface area contributed by atoms with E-state index in [-0.39, 0.29) is 10.5 Å². The molecule has 0 fully saturated rings. The van der Waals surface area contributed by atoms with Gasteiger partial charge in [0.2, 0.25) is 0 Å². The van der Waals surface area contributed by atoms with Gasteiger partial charge in [0, 0.05) is 20.9 Å². The summed E-state index contributed by atoms with van der Waals surface area (Å²) in [7, 11) is 0. The van der Waals surface area contributed by atoms with E-state index >= 15 is 0 Å². The third kappa shape index (κ3) is 3.25. The van der Waals surface area contributed by atoms with Crippen LogP contribution in [-0.4, -0.2) is 5.78 Å². The van der Waals surface area contributed by atoms with E-state index in [0.29, 0.717) is 16.1 Å². The van der Waals surface area contributed by atoms with Crippen LogP contribution in [0.3, 0.4) is 0 Å². The zero-order chi connectivity index (χ0) is 14.8. The number of carbonyl (C=O) groups excluding carboxylic acids is 1. The zero-order valence-electron chi connectivity index (χ0n) is 11.6. The Bertz CT molecular complexity index is 600. The van der Waals surface area contributed by atoms with E-state index in [9.17, 15) is 4.79 Å². The van der Waals surface area contributed by atoms with Crippen molar-refractivity contribution in [3.05, 3.63) is 70.2 Å². The maximum atomic E-state index is 12.3.